The quantitative estimate of drug-likeness (QED) is 0.699. The molecule has 2 atom stereocenters. The zero-order valence-electron chi connectivity index (χ0n) is 12.9. The van der Waals surface area contributed by atoms with Crippen LogP contribution in [0.25, 0.3) is 0 Å². The van der Waals surface area contributed by atoms with Gasteiger partial charge in [0.05, 0.1) is 0 Å². The maximum atomic E-state index is 12.2. The van der Waals surface area contributed by atoms with E-state index < -0.39 is 5.51 Å². The summed E-state index contributed by atoms with van der Waals surface area (Å²) in [7, 11) is 0. The van der Waals surface area contributed by atoms with E-state index in [9.17, 15) is 13.2 Å². The van der Waals surface area contributed by atoms with Gasteiger partial charge in [-0.05, 0) is 52.0 Å². The molecule has 5 heteroatoms. The Labute approximate surface area is 125 Å². The molecule has 1 aliphatic carbocycles. The van der Waals surface area contributed by atoms with Crippen molar-refractivity contribution in [3.63, 3.8) is 0 Å². The van der Waals surface area contributed by atoms with Crippen molar-refractivity contribution in [2.45, 2.75) is 70.3 Å². The lowest BCUT2D eigenvalue weighted by atomic mass is 9.85. The number of nitrogens with one attached hydrogen (secondary N) is 1. The third kappa shape index (κ3) is 8.40. The second kappa shape index (κ2) is 7.92. The first-order valence-electron chi connectivity index (χ1n) is 7.63. The summed E-state index contributed by atoms with van der Waals surface area (Å²) in [5.74, 6) is 1.19. The average molecular weight is 311 g/mol. The maximum Gasteiger partial charge on any atom is 0.441 e. The van der Waals surface area contributed by atoms with E-state index >= 15 is 0 Å². The number of hydrogen-bond acceptors (Lipinski definition) is 2. The summed E-state index contributed by atoms with van der Waals surface area (Å²) in [5.41, 5.74) is -4.00. The number of halogens is 3. The van der Waals surface area contributed by atoms with Gasteiger partial charge in [0, 0.05) is 11.3 Å². The fraction of sp³-hybridized carbons (Fsp3) is 1.00. The van der Waals surface area contributed by atoms with Gasteiger partial charge in [-0.1, -0.05) is 37.4 Å². The van der Waals surface area contributed by atoms with Crippen molar-refractivity contribution in [3.8, 4) is 0 Å². The van der Waals surface area contributed by atoms with Crippen LogP contribution < -0.4 is 5.32 Å². The molecule has 1 aliphatic rings. The first kappa shape index (κ1) is 18.1. The fourth-order valence-electron chi connectivity index (χ4n) is 2.87. The van der Waals surface area contributed by atoms with Crippen LogP contribution in [0, 0.1) is 11.8 Å². The van der Waals surface area contributed by atoms with Gasteiger partial charge in [-0.15, -0.1) is 0 Å². The topological polar surface area (TPSA) is 12.0 Å². The Balaban J connectivity index is 2.44. The summed E-state index contributed by atoms with van der Waals surface area (Å²) in [5, 5.41) is 3.53. The molecule has 120 valence electrons. The predicted molar refractivity (Wildman–Crippen MR) is 81.0 cm³/mol. The molecule has 0 radical (unpaired) electrons. The second-order valence-corrected chi connectivity index (χ2v) is 8.03. The lowest BCUT2D eigenvalue weighted by molar-refractivity contribution is -0.0328. The highest BCUT2D eigenvalue weighted by atomic mass is 32.2. The summed E-state index contributed by atoms with van der Waals surface area (Å²) in [6, 6.07) is 0. The number of rotatable bonds is 5. The largest absolute Gasteiger partial charge is 0.441 e. The SMILES string of the molecule is CC(C)(C)NCC1CCCCCC1CCSC(F)(F)F. The molecule has 20 heavy (non-hydrogen) atoms. The van der Waals surface area contributed by atoms with Crippen LogP contribution in [0.1, 0.15) is 59.3 Å². The van der Waals surface area contributed by atoms with Crippen LogP contribution in [0.4, 0.5) is 13.2 Å². The monoisotopic (exact) mass is 311 g/mol. The van der Waals surface area contributed by atoms with E-state index in [1.165, 1.54) is 19.3 Å². The van der Waals surface area contributed by atoms with Crippen molar-refractivity contribution in [1.82, 2.24) is 5.32 Å². The Hall–Kier alpha value is 0.100. The van der Waals surface area contributed by atoms with E-state index in [0.29, 0.717) is 18.3 Å². The molecule has 0 bridgehead atoms. The number of alkyl halides is 3. The summed E-state index contributed by atoms with van der Waals surface area (Å²) < 4.78 is 36.7. The standard InChI is InChI=1S/C15H28F3NS/c1-14(2,3)19-11-13-8-6-4-5-7-12(13)9-10-20-15(16,17)18/h12-13,19H,4-11H2,1-3H3. The van der Waals surface area contributed by atoms with Gasteiger partial charge >= 0.3 is 5.51 Å². The Bertz CT molecular complexity index is 273. The van der Waals surface area contributed by atoms with E-state index in [-0.39, 0.29) is 23.1 Å². The minimum Gasteiger partial charge on any atom is -0.312 e. The van der Waals surface area contributed by atoms with Crippen LogP contribution in [-0.4, -0.2) is 23.3 Å². The van der Waals surface area contributed by atoms with Gasteiger partial charge in [0.1, 0.15) is 0 Å². The minimum atomic E-state index is -4.08. The van der Waals surface area contributed by atoms with Crippen LogP contribution >= 0.6 is 11.8 Å². The molecule has 0 aliphatic heterocycles. The number of thioether (sulfide) groups is 1. The van der Waals surface area contributed by atoms with E-state index in [4.69, 9.17) is 0 Å². The smallest absolute Gasteiger partial charge is 0.312 e. The minimum absolute atomic E-state index is 0.0809. The normalized spacial score (nSPS) is 25.5. The van der Waals surface area contributed by atoms with Crippen LogP contribution in [0.15, 0.2) is 0 Å². The summed E-state index contributed by atoms with van der Waals surface area (Å²) >= 11 is 0.139. The summed E-state index contributed by atoms with van der Waals surface area (Å²) in [6.07, 6.45) is 6.57. The van der Waals surface area contributed by atoms with Gasteiger partial charge in [0.2, 0.25) is 0 Å². The lowest BCUT2D eigenvalue weighted by Gasteiger charge is -2.29. The van der Waals surface area contributed by atoms with E-state index in [1.807, 2.05) is 0 Å². The highest BCUT2D eigenvalue weighted by Gasteiger charge is 2.30. The van der Waals surface area contributed by atoms with Crippen molar-refractivity contribution >= 4 is 11.8 Å². The van der Waals surface area contributed by atoms with Gasteiger partial charge in [-0.2, -0.15) is 13.2 Å². The van der Waals surface area contributed by atoms with Gasteiger partial charge in [0.25, 0.3) is 0 Å². The Morgan fingerprint density at radius 1 is 1.00 bits per heavy atom. The highest BCUT2D eigenvalue weighted by molar-refractivity contribution is 8.00. The van der Waals surface area contributed by atoms with Gasteiger partial charge in [-0.3, -0.25) is 0 Å². The molecule has 1 rings (SSSR count). The van der Waals surface area contributed by atoms with Crippen LogP contribution in [0.5, 0.6) is 0 Å². The predicted octanol–water partition coefficient (Wildman–Crippen LogP) is 5.21. The first-order valence-corrected chi connectivity index (χ1v) is 8.62. The molecule has 0 amide bonds. The fourth-order valence-corrected chi connectivity index (χ4v) is 3.53. The number of hydrogen-bond donors (Lipinski definition) is 1. The van der Waals surface area contributed by atoms with Crippen LogP contribution in [0.2, 0.25) is 0 Å². The molecule has 1 N–H and O–H groups in total. The zero-order valence-corrected chi connectivity index (χ0v) is 13.7. The molecule has 2 unspecified atom stereocenters. The van der Waals surface area contributed by atoms with Crippen molar-refractivity contribution in [2.75, 3.05) is 12.3 Å². The molecule has 1 saturated carbocycles. The molecule has 0 heterocycles. The zero-order chi connectivity index (χ0) is 15.2. The van der Waals surface area contributed by atoms with Crippen LogP contribution in [-0.2, 0) is 0 Å². The Morgan fingerprint density at radius 2 is 1.60 bits per heavy atom. The molecule has 0 aromatic carbocycles. The van der Waals surface area contributed by atoms with E-state index in [0.717, 1.165) is 19.4 Å². The molecular weight excluding hydrogens is 283 g/mol. The third-order valence-corrected chi connectivity index (χ3v) is 4.73. The van der Waals surface area contributed by atoms with Crippen molar-refractivity contribution in [3.05, 3.63) is 0 Å². The highest BCUT2D eigenvalue weighted by Crippen LogP contribution is 2.36. The van der Waals surface area contributed by atoms with E-state index in [1.54, 1.807) is 0 Å². The lowest BCUT2D eigenvalue weighted by Crippen LogP contribution is -2.40. The molecule has 1 fully saturated rings. The average Bonchev–Trinajstić information content (AvgIpc) is 2.49. The third-order valence-electron chi connectivity index (χ3n) is 3.97. The van der Waals surface area contributed by atoms with Crippen molar-refractivity contribution in [2.24, 2.45) is 11.8 Å². The Morgan fingerprint density at radius 3 is 2.15 bits per heavy atom. The second-order valence-electron chi connectivity index (χ2n) is 6.87. The van der Waals surface area contributed by atoms with Crippen molar-refractivity contribution < 1.29 is 13.2 Å². The molecule has 0 spiro atoms. The molecule has 0 aromatic heterocycles. The molecular formula is C15H28F3NS. The first-order chi connectivity index (χ1) is 9.17. The molecule has 1 nitrogen and oxygen atoms in total. The van der Waals surface area contributed by atoms with Crippen LogP contribution in [0.3, 0.4) is 0 Å². The molecule has 0 saturated heterocycles. The summed E-state index contributed by atoms with van der Waals surface area (Å²) in [6.45, 7) is 7.35. The maximum absolute atomic E-state index is 12.2. The van der Waals surface area contributed by atoms with Crippen molar-refractivity contribution in [1.29, 1.82) is 0 Å². The van der Waals surface area contributed by atoms with Gasteiger partial charge in [-0.25, -0.2) is 0 Å². The summed E-state index contributed by atoms with van der Waals surface area (Å²) in [4.78, 5) is 0. The van der Waals surface area contributed by atoms with Gasteiger partial charge < -0.3 is 5.32 Å². The molecule has 0 aromatic rings. The Kier molecular flexibility index (Phi) is 7.19. The van der Waals surface area contributed by atoms with Gasteiger partial charge in [0.15, 0.2) is 0 Å². The van der Waals surface area contributed by atoms with E-state index in [2.05, 4.69) is 26.1 Å².